The van der Waals surface area contributed by atoms with Gasteiger partial charge in [0.05, 0.1) is 5.92 Å². The van der Waals surface area contributed by atoms with Crippen LogP contribution in [0.3, 0.4) is 0 Å². The minimum absolute atomic E-state index is 0. The van der Waals surface area contributed by atoms with Gasteiger partial charge in [0.1, 0.15) is 0 Å². The maximum Gasteiger partial charge on any atom is 0.227 e. The van der Waals surface area contributed by atoms with Gasteiger partial charge in [-0.25, -0.2) is 0 Å². The number of hydrogen-bond acceptors (Lipinski definition) is 3. The Labute approximate surface area is 163 Å². The molecule has 1 atom stereocenters. The Kier molecular flexibility index (Phi) is 10.6. The number of benzene rings is 1. The molecule has 0 spiro atoms. The van der Waals surface area contributed by atoms with Crippen LogP contribution >= 0.6 is 24.2 Å². The topological polar surface area (TPSA) is 32.3 Å². The molecule has 3 nitrogen and oxygen atoms in total. The van der Waals surface area contributed by atoms with E-state index in [9.17, 15) is 4.79 Å². The summed E-state index contributed by atoms with van der Waals surface area (Å²) in [5, 5.41) is 3.13. The van der Waals surface area contributed by atoms with Gasteiger partial charge in [-0.3, -0.25) is 4.79 Å². The predicted molar refractivity (Wildman–Crippen MR) is 112 cm³/mol. The molecule has 1 N–H and O–H groups in total. The minimum atomic E-state index is -0.0775. The van der Waals surface area contributed by atoms with Crippen molar-refractivity contribution in [1.82, 2.24) is 10.2 Å². The van der Waals surface area contributed by atoms with Crippen LogP contribution in [0.5, 0.6) is 0 Å². The van der Waals surface area contributed by atoms with Gasteiger partial charge in [-0.15, -0.1) is 12.4 Å². The molecule has 0 radical (unpaired) electrons. The number of amides is 1. The second-order valence-corrected chi connectivity index (χ2v) is 8.34. The van der Waals surface area contributed by atoms with Gasteiger partial charge in [-0.05, 0) is 43.4 Å². The highest BCUT2D eigenvalue weighted by Crippen LogP contribution is 2.22. The molecule has 1 fully saturated rings. The SMILES string of the molecule is CC(C)Cc1ccccc1C(C)C(=O)NCCCN1CCSCC1.Cl. The van der Waals surface area contributed by atoms with Crippen molar-refractivity contribution in [2.75, 3.05) is 37.7 Å². The van der Waals surface area contributed by atoms with Crippen LogP contribution in [0.1, 0.15) is 44.2 Å². The predicted octanol–water partition coefficient (Wildman–Crippen LogP) is 3.97. The van der Waals surface area contributed by atoms with E-state index in [0.29, 0.717) is 5.92 Å². The highest BCUT2D eigenvalue weighted by atomic mass is 35.5. The van der Waals surface area contributed by atoms with Gasteiger partial charge in [0.2, 0.25) is 5.91 Å². The Morgan fingerprint density at radius 3 is 2.56 bits per heavy atom. The lowest BCUT2D eigenvalue weighted by Gasteiger charge is -2.26. The second kappa shape index (κ2) is 11.8. The van der Waals surface area contributed by atoms with Crippen molar-refractivity contribution < 1.29 is 4.79 Å². The second-order valence-electron chi connectivity index (χ2n) is 7.12. The molecule has 2 rings (SSSR count). The molecule has 0 bridgehead atoms. The maximum atomic E-state index is 12.5. The van der Waals surface area contributed by atoms with Gasteiger partial charge >= 0.3 is 0 Å². The number of carbonyl (C=O) groups excluding carboxylic acids is 1. The van der Waals surface area contributed by atoms with Crippen molar-refractivity contribution in [2.24, 2.45) is 5.92 Å². The third-order valence-corrected chi connectivity index (χ3v) is 5.54. The zero-order chi connectivity index (χ0) is 17.4. The van der Waals surface area contributed by atoms with Crippen LogP contribution in [-0.2, 0) is 11.2 Å². The summed E-state index contributed by atoms with van der Waals surface area (Å²) in [4.78, 5) is 15.0. The zero-order valence-corrected chi connectivity index (χ0v) is 17.4. The van der Waals surface area contributed by atoms with Crippen LogP contribution < -0.4 is 5.32 Å². The molecule has 0 aliphatic carbocycles. The first-order chi connectivity index (χ1) is 11.6. The summed E-state index contributed by atoms with van der Waals surface area (Å²) < 4.78 is 0. The van der Waals surface area contributed by atoms with Crippen molar-refractivity contribution in [3.05, 3.63) is 35.4 Å². The third-order valence-electron chi connectivity index (χ3n) is 4.60. The van der Waals surface area contributed by atoms with Gasteiger partial charge in [0, 0.05) is 31.1 Å². The molecule has 1 aromatic rings. The summed E-state index contributed by atoms with van der Waals surface area (Å²) in [7, 11) is 0. The first kappa shape index (κ1) is 22.3. The molecule has 1 heterocycles. The molecular weight excluding hydrogens is 352 g/mol. The number of nitrogens with one attached hydrogen (secondary N) is 1. The van der Waals surface area contributed by atoms with Gasteiger partial charge in [-0.1, -0.05) is 38.1 Å². The standard InChI is InChI=1S/C20H32N2OS.ClH/c1-16(2)15-18-7-4-5-8-19(18)17(3)20(23)21-9-6-10-22-11-13-24-14-12-22;/h4-5,7-8,16-17H,6,9-15H2,1-3H3,(H,21,23);1H. The fourth-order valence-electron chi connectivity index (χ4n) is 3.22. The Balaban J connectivity index is 0.00000312. The van der Waals surface area contributed by atoms with Gasteiger partial charge in [0.15, 0.2) is 0 Å². The number of thioether (sulfide) groups is 1. The van der Waals surface area contributed by atoms with E-state index in [1.165, 1.54) is 35.7 Å². The van der Waals surface area contributed by atoms with Crippen LogP contribution in [0.25, 0.3) is 0 Å². The molecule has 1 aliphatic heterocycles. The lowest BCUT2D eigenvalue weighted by atomic mass is 9.90. The first-order valence-corrected chi connectivity index (χ1v) is 10.4. The molecule has 0 aromatic heterocycles. The monoisotopic (exact) mass is 384 g/mol. The number of rotatable bonds is 8. The zero-order valence-electron chi connectivity index (χ0n) is 15.8. The van der Waals surface area contributed by atoms with Crippen LogP contribution in [0.4, 0.5) is 0 Å². The Morgan fingerprint density at radius 2 is 1.88 bits per heavy atom. The van der Waals surface area contributed by atoms with Crippen molar-refractivity contribution in [3.8, 4) is 0 Å². The molecular formula is C20H33ClN2OS. The Hall–Kier alpha value is -0.710. The average Bonchev–Trinajstić information content (AvgIpc) is 2.59. The van der Waals surface area contributed by atoms with Gasteiger partial charge < -0.3 is 10.2 Å². The molecule has 1 amide bonds. The van der Waals surface area contributed by atoms with Crippen molar-refractivity contribution >= 4 is 30.1 Å². The van der Waals surface area contributed by atoms with Crippen LogP contribution in [0, 0.1) is 5.92 Å². The summed E-state index contributed by atoms with van der Waals surface area (Å²) in [5.74, 6) is 3.17. The Bertz CT molecular complexity index is 518. The minimum Gasteiger partial charge on any atom is -0.356 e. The maximum absolute atomic E-state index is 12.5. The van der Waals surface area contributed by atoms with Crippen molar-refractivity contribution in [1.29, 1.82) is 0 Å². The normalized spacial score (nSPS) is 16.3. The summed E-state index contributed by atoms with van der Waals surface area (Å²) in [5.41, 5.74) is 2.48. The number of hydrogen-bond donors (Lipinski definition) is 1. The number of carbonyl (C=O) groups is 1. The number of nitrogens with zero attached hydrogens (tertiary/aromatic N) is 1. The van der Waals surface area contributed by atoms with E-state index in [1.54, 1.807) is 0 Å². The average molecular weight is 385 g/mol. The van der Waals surface area contributed by atoms with Crippen LogP contribution in [0.2, 0.25) is 0 Å². The lowest BCUT2D eigenvalue weighted by molar-refractivity contribution is -0.122. The molecule has 5 heteroatoms. The van der Waals surface area contributed by atoms with E-state index in [2.05, 4.69) is 42.3 Å². The van der Waals surface area contributed by atoms with Crippen LogP contribution in [0.15, 0.2) is 24.3 Å². The molecule has 142 valence electrons. The van der Waals surface area contributed by atoms with E-state index < -0.39 is 0 Å². The van der Waals surface area contributed by atoms with Gasteiger partial charge in [-0.2, -0.15) is 11.8 Å². The smallest absolute Gasteiger partial charge is 0.227 e. The largest absolute Gasteiger partial charge is 0.356 e. The first-order valence-electron chi connectivity index (χ1n) is 9.23. The highest BCUT2D eigenvalue weighted by molar-refractivity contribution is 7.99. The third kappa shape index (κ3) is 7.59. The van der Waals surface area contributed by atoms with Gasteiger partial charge in [0.25, 0.3) is 0 Å². The fourth-order valence-corrected chi connectivity index (χ4v) is 4.19. The van der Waals surface area contributed by atoms with E-state index >= 15 is 0 Å². The van der Waals surface area contributed by atoms with Crippen molar-refractivity contribution in [3.63, 3.8) is 0 Å². The molecule has 1 aliphatic rings. The summed E-state index contributed by atoms with van der Waals surface area (Å²) in [6.45, 7) is 10.7. The summed E-state index contributed by atoms with van der Waals surface area (Å²) in [6, 6.07) is 8.38. The van der Waals surface area contributed by atoms with Crippen LogP contribution in [-0.4, -0.2) is 48.5 Å². The fraction of sp³-hybridized carbons (Fsp3) is 0.650. The molecule has 0 saturated carbocycles. The Morgan fingerprint density at radius 1 is 1.20 bits per heavy atom. The highest BCUT2D eigenvalue weighted by Gasteiger charge is 2.18. The van der Waals surface area contributed by atoms with E-state index in [-0.39, 0.29) is 24.2 Å². The molecule has 1 unspecified atom stereocenters. The van der Waals surface area contributed by atoms with E-state index in [0.717, 1.165) is 25.9 Å². The summed E-state index contributed by atoms with van der Waals surface area (Å²) >= 11 is 2.04. The van der Waals surface area contributed by atoms with E-state index in [4.69, 9.17) is 0 Å². The van der Waals surface area contributed by atoms with Crippen molar-refractivity contribution in [2.45, 2.75) is 39.5 Å². The lowest BCUT2D eigenvalue weighted by Crippen LogP contribution is -2.36. The summed E-state index contributed by atoms with van der Waals surface area (Å²) in [6.07, 6.45) is 2.07. The van der Waals surface area contributed by atoms with E-state index in [1.807, 2.05) is 24.8 Å². The molecule has 1 aromatic carbocycles. The molecule has 1 saturated heterocycles. The quantitative estimate of drug-likeness (QED) is 0.688. The number of halogens is 1. The molecule has 25 heavy (non-hydrogen) atoms.